The van der Waals surface area contributed by atoms with Gasteiger partial charge in [0.25, 0.3) is 0 Å². The molecule has 0 nitrogen and oxygen atoms in total. The van der Waals surface area contributed by atoms with Crippen LogP contribution >= 0.6 is 31.9 Å². The summed E-state index contributed by atoms with van der Waals surface area (Å²) in [6, 6.07) is 17.2. The molecule has 0 aliphatic carbocycles. The van der Waals surface area contributed by atoms with E-state index < -0.39 is 0 Å². The first-order valence-electron chi connectivity index (χ1n) is 6.44. The van der Waals surface area contributed by atoms with Gasteiger partial charge in [-0.15, -0.1) is 0 Å². The Labute approximate surface area is 137 Å². The van der Waals surface area contributed by atoms with Crippen LogP contribution in [0.2, 0.25) is 0 Å². The Morgan fingerprint density at radius 3 is 2.20 bits per heavy atom. The number of hydrogen-bond donors (Lipinski definition) is 0. The van der Waals surface area contributed by atoms with Gasteiger partial charge in [-0.25, -0.2) is 0 Å². The Morgan fingerprint density at radius 2 is 1.55 bits per heavy atom. The van der Waals surface area contributed by atoms with Crippen molar-refractivity contribution in [2.75, 3.05) is 0 Å². The average molecular weight is 392 g/mol. The molecule has 0 bridgehead atoms. The second-order valence-corrected chi connectivity index (χ2v) is 7.49. The molecule has 2 aromatic carbocycles. The van der Waals surface area contributed by atoms with Crippen molar-refractivity contribution < 1.29 is 0 Å². The van der Waals surface area contributed by atoms with E-state index in [0.29, 0.717) is 0 Å². The maximum absolute atomic E-state index is 3.38. The van der Waals surface area contributed by atoms with Gasteiger partial charge in [0.1, 0.15) is 0 Å². The van der Waals surface area contributed by atoms with Crippen molar-refractivity contribution in [2.45, 2.75) is 13.8 Å². The van der Waals surface area contributed by atoms with Crippen molar-refractivity contribution in [2.24, 2.45) is 0 Å². The van der Waals surface area contributed by atoms with E-state index in [2.05, 4.69) is 100 Å². The quantitative estimate of drug-likeness (QED) is 0.510. The van der Waals surface area contributed by atoms with Crippen molar-refractivity contribution in [3.05, 3.63) is 75.2 Å². The summed E-state index contributed by atoms with van der Waals surface area (Å²) >= 11 is 6.76. The zero-order valence-corrected chi connectivity index (χ0v) is 14.7. The van der Waals surface area contributed by atoms with Crippen LogP contribution in [-0.4, -0.2) is 0 Å². The predicted octanol–water partition coefficient (Wildman–Crippen LogP) is 6.70. The van der Waals surface area contributed by atoms with Crippen LogP contribution in [0.4, 0.5) is 0 Å². The molecule has 20 heavy (non-hydrogen) atoms. The van der Waals surface area contributed by atoms with Crippen LogP contribution in [0.25, 0.3) is 16.7 Å². The summed E-state index contributed by atoms with van der Waals surface area (Å²) in [6.07, 6.45) is 4.10. The first kappa shape index (κ1) is 15.3. The lowest BCUT2D eigenvalue weighted by Crippen LogP contribution is -1.87. The minimum absolute atomic E-state index is 0.942. The van der Waals surface area contributed by atoms with Gasteiger partial charge in [0.2, 0.25) is 0 Å². The Bertz CT molecular complexity index is 645. The molecular weight excluding hydrogens is 376 g/mol. The van der Waals surface area contributed by atoms with E-state index >= 15 is 0 Å². The molecule has 0 aliphatic heterocycles. The highest BCUT2D eigenvalue weighted by atomic mass is 79.9. The molecule has 0 radical (unpaired) electrons. The van der Waals surface area contributed by atoms with Crippen LogP contribution in [0, 0.1) is 6.92 Å². The normalized spacial score (nSPS) is 11.3. The smallest absolute Gasteiger partial charge is 0.0604 e. The molecule has 102 valence electrons. The zero-order valence-electron chi connectivity index (χ0n) is 11.5. The summed E-state index contributed by atoms with van der Waals surface area (Å²) in [6.45, 7) is 4.24. The molecule has 0 atom stereocenters. The van der Waals surface area contributed by atoms with E-state index in [4.69, 9.17) is 0 Å². The van der Waals surface area contributed by atoms with Crippen LogP contribution in [0.3, 0.4) is 0 Å². The van der Waals surface area contributed by atoms with Gasteiger partial charge in [-0.2, -0.15) is 0 Å². The third kappa shape index (κ3) is 3.94. The van der Waals surface area contributed by atoms with Gasteiger partial charge in [-0.05, 0) is 74.0 Å². The van der Waals surface area contributed by atoms with Gasteiger partial charge < -0.3 is 0 Å². The SMILES string of the molecule is C/C(=C\C=C(Br)Br)c1ccccc1-c1ccc(C)cc1. The first-order chi connectivity index (χ1) is 9.58. The molecule has 2 aromatic rings. The molecule has 0 N–H and O–H groups in total. The van der Waals surface area contributed by atoms with Crippen LogP contribution in [0.1, 0.15) is 18.1 Å². The number of benzene rings is 2. The standard InChI is InChI=1S/C18H16Br2/c1-13-7-10-15(11-8-13)17-6-4-3-5-16(17)14(2)9-12-18(19)20/h3-12H,1-2H3/b14-9+. The van der Waals surface area contributed by atoms with Crippen LogP contribution < -0.4 is 0 Å². The van der Waals surface area contributed by atoms with Gasteiger partial charge in [0.15, 0.2) is 0 Å². The summed E-state index contributed by atoms with van der Waals surface area (Å²) in [7, 11) is 0. The number of halogens is 2. The maximum Gasteiger partial charge on any atom is 0.0604 e. The van der Waals surface area contributed by atoms with E-state index in [1.165, 1.54) is 27.8 Å². The van der Waals surface area contributed by atoms with E-state index in [9.17, 15) is 0 Å². The lowest BCUT2D eigenvalue weighted by atomic mass is 9.94. The Kier molecular flexibility index (Phi) is 5.38. The highest BCUT2D eigenvalue weighted by Crippen LogP contribution is 2.29. The minimum atomic E-state index is 0.942. The second-order valence-electron chi connectivity index (χ2n) is 4.72. The van der Waals surface area contributed by atoms with E-state index in [-0.39, 0.29) is 0 Å². The summed E-state index contributed by atoms with van der Waals surface area (Å²) < 4.78 is 0.942. The van der Waals surface area contributed by atoms with Crippen molar-refractivity contribution >= 4 is 37.4 Å². The summed E-state index contributed by atoms with van der Waals surface area (Å²) in [5.74, 6) is 0. The van der Waals surface area contributed by atoms with Crippen LogP contribution in [0.15, 0.2) is 64.1 Å². The van der Waals surface area contributed by atoms with E-state index in [1.54, 1.807) is 0 Å². The highest BCUT2D eigenvalue weighted by Gasteiger charge is 2.05. The molecule has 0 unspecified atom stereocenters. The predicted molar refractivity (Wildman–Crippen MR) is 96.2 cm³/mol. The summed E-state index contributed by atoms with van der Waals surface area (Å²) in [5.41, 5.74) is 6.29. The van der Waals surface area contributed by atoms with Crippen LogP contribution in [0.5, 0.6) is 0 Å². The molecule has 0 saturated heterocycles. The fourth-order valence-electron chi connectivity index (χ4n) is 2.09. The Balaban J connectivity index is 2.48. The molecule has 0 heterocycles. The molecule has 0 amide bonds. The average Bonchev–Trinajstić information content (AvgIpc) is 2.45. The van der Waals surface area contributed by atoms with Gasteiger partial charge in [0.05, 0.1) is 3.39 Å². The van der Waals surface area contributed by atoms with Crippen molar-refractivity contribution in [3.63, 3.8) is 0 Å². The monoisotopic (exact) mass is 390 g/mol. The van der Waals surface area contributed by atoms with Crippen molar-refractivity contribution in [1.82, 2.24) is 0 Å². The summed E-state index contributed by atoms with van der Waals surface area (Å²) in [5, 5.41) is 0. The number of rotatable bonds is 3. The molecule has 2 heteroatoms. The highest BCUT2D eigenvalue weighted by molar-refractivity contribution is 9.28. The topological polar surface area (TPSA) is 0 Å². The number of allylic oxidation sites excluding steroid dienone is 3. The molecule has 0 aromatic heterocycles. The minimum Gasteiger partial charge on any atom is -0.0616 e. The van der Waals surface area contributed by atoms with Crippen molar-refractivity contribution in [3.8, 4) is 11.1 Å². The Morgan fingerprint density at radius 1 is 0.900 bits per heavy atom. The largest absolute Gasteiger partial charge is 0.0616 e. The lowest BCUT2D eigenvalue weighted by molar-refractivity contribution is 1.46. The number of hydrogen-bond acceptors (Lipinski definition) is 0. The molecule has 0 fully saturated rings. The fourth-order valence-corrected chi connectivity index (χ4v) is 2.35. The molecule has 0 spiro atoms. The third-order valence-corrected chi connectivity index (χ3v) is 3.70. The molecule has 0 aliphatic rings. The fraction of sp³-hybridized carbons (Fsp3) is 0.111. The van der Waals surface area contributed by atoms with Gasteiger partial charge >= 0.3 is 0 Å². The van der Waals surface area contributed by atoms with E-state index in [1.807, 2.05) is 6.08 Å². The third-order valence-electron chi connectivity index (χ3n) is 3.17. The lowest BCUT2D eigenvalue weighted by Gasteiger charge is -2.10. The van der Waals surface area contributed by atoms with Gasteiger partial charge in [-0.3, -0.25) is 0 Å². The van der Waals surface area contributed by atoms with Gasteiger partial charge in [-0.1, -0.05) is 60.2 Å². The number of aryl methyl sites for hydroxylation is 1. The molecule has 0 saturated carbocycles. The molecular formula is C18H16Br2. The second kappa shape index (κ2) is 7.05. The first-order valence-corrected chi connectivity index (χ1v) is 8.02. The molecule has 2 rings (SSSR count). The zero-order chi connectivity index (χ0) is 14.5. The summed E-state index contributed by atoms with van der Waals surface area (Å²) in [4.78, 5) is 0. The van der Waals surface area contributed by atoms with Gasteiger partial charge in [0, 0.05) is 0 Å². The van der Waals surface area contributed by atoms with Crippen LogP contribution in [-0.2, 0) is 0 Å². The maximum atomic E-state index is 3.38. The Hall–Kier alpha value is -1.12. The van der Waals surface area contributed by atoms with E-state index in [0.717, 1.165) is 3.39 Å². The van der Waals surface area contributed by atoms with Crippen molar-refractivity contribution in [1.29, 1.82) is 0 Å².